The first-order chi connectivity index (χ1) is 13.6. The number of hydrogen-bond acceptors (Lipinski definition) is 4. The third-order valence-electron chi connectivity index (χ3n) is 4.50. The fourth-order valence-electron chi connectivity index (χ4n) is 3.09. The Hall–Kier alpha value is -3.50. The van der Waals surface area contributed by atoms with E-state index >= 15 is 0 Å². The average Bonchev–Trinajstić information content (AvgIpc) is 3.12. The molecule has 28 heavy (non-hydrogen) atoms. The van der Waals surface area contributed by atoms with E-state index in [9.17, 15) is 0 Å². The minimum absolute atomic E-state index is 0.504. The number of nitrogens with zero attached hydrogens (tertiary/aromatic N) is 3. The van der Waals surface area contributed by atoms with Crippen LogP contribution in [0.15, 0.2) is 104 Å². The smallest absolute Gasteiger partial charge is 0.235 e. The number of fused-ring (bicyclic) bond motifs is 3. The van der Waals surface area contributed by atoms with E-state index in [0.29, 0.717) is 17.3 Å². The van der Waals surface area contributed by atoms with E-state index in [1.165, 1.54) is 4.70 Å². The first kappa shape index (κ1) is 17.9. The van der Waals surface area contributed by atoms with E-state index in [1.807, 2.05) is 30.3 Å². The number of allylic oxidation sites excluding steroid dienone is 2. The highest BCUT2D eigenvalue weighted by atomic mass is 32.1. The molecule has 0 fully saturated rings. The molecule has 0 radical (unpaired) electrons. The van der Waals surface area contributed by atoms with Gasteiger partial charge in [-0.15, -0.1) is 11.3 Å². The van der Waals surface area contributed by atoms with Gasteiger partial charge in [0.2, 0.25) is 5.95 Å². The Kier molecular flexibility index (Phi) is 4.63. The molecule has 0 N–H and O–H groups in total. The van der Waals surface area contributed by atoms with Crippen molar-refractivity contribution in [2.45, 2.75) is 0 Å². The van der Waals surface area contributed by atoms with Crippen LogP contribution in [-0.2, 0) is 0 Å². The first-order valence-corrected chi connectivity index (χ1v) is 9.63. The van der Waals surface area contributed by atoms with E-state index in [0.717, 1.165) is 26.9 Å². The lowest BCUT2D eigenvalue weighted by molar-refractivity contribution is 1.05. The zero-order chi connectivity index (χ0) is 19.7. The highest BCUT2D eigenvalue weighted by Crippen LogP contribution is 2.39. The summed E-state index contributed by atoms with van der Waals surface area (Å²) in [5.74, 6) is 0.504. The molecule has 3 nitrogen and oxygen atoms in total. The summed E-state index contributed by atoms with van der Waals surface area (Å²) < 4.78 is 2.24. The molecule has 2 heterocycles. The molecule has 0 spiro atoms. The van der Waals surface area contributed by atoms with Crippen LogP contribution >= 0.6 is 11.3 Å². The maximum Gasteiger partial charge on any atom is 0.235 e. The van der Waals surface area contributed by atoms with Crippen LogP contribution in [0.2, 0.25) is 0 Å². The van der Waals surface area contributed by atoms with E-state index in [2.05, 4.69) is 50.6 Å². The molecule has 0 atom stereocenters. The maximum atomic E-state index is 4.91. The summed E-state index contributed by atoms with van der Waals surface area (Å²) in [6.07, 6.45) is 3.33. The second-order valence-corrected chi connectivity index (χ2v) is 7.29. The van der Waals surface area contributed by atoms with Crippen molar-refractivity contribution in [3.05, 3.63) is 104 Å². The molecular formula is C24H19N3S. The first-order valence-electron chi connectivity index (χ1n) is 8.81. The van der Waals surface area contributed by atoms with Gasteiger partial charge in [0.25, 0.3) is 0 Å². The Morgan fingerprint density at radius 3 is 2.18 bits per heavy atom. The lowest BCUT2D eigenvalue weighted by Gasteiger charge is -2.23. The molecule has 0 aliphatic heterocycles. The van der Waals surface area contributed by atoms with Gasteiger partial charge in [-0.3, -0.25) is 4.90 Å². The molecule has 4 heteroatoms. The summed E-state index contributed by atoms with van der Waals surface area (Å²) in [5.41, 5.74) is 4.13. The van der Waals surface area contributed by atoms with Crippen LogP contribution in [0, 0.1) is 0 Å². The normalized spacial score (nSPS) is 10.7. The van der Waals surface area contributed by atoms with Gasteiger partial charge >= 0.3 is 0 Å². The largest absolute Gasteiger partial charge is 0.280 e. The molecule has 0 aliphatic carbocycles. The quantitative estimate of drug-likeness (QED) is 0.347. The van der Waals surface area contributed by atoms with E-state index in [4.69, 9.17) is 9.97 Å². The number of benzene rings is 2. The Morgan fingerprint density at radius 2 is 1.50 bits per heavy atom. The van der Waals surface area contributed by atoms with Crippen LogP contribution in [0.4, 0.5) is 5.95 Å². The van der Waals surface area contributed by atoms with Crippen LogP contribution in [0.5, 0.6) is 0 Å². The van der Waals surface area contributed by atoms with Crippen molar-refractivity contribution in [2.75, 3.05) is 4.90 Å². The van der Waals surface area contributed by atoms with E-state index in [1.54, 1.807) is 28.4 Å². The van der Waals surface area contributed by atoms with Gasteiger partial charge in [0.1, 0.15) is 0 Å². The van der Waals surface area contributed by atoms with Gasteiger partial charge < -0.3 is 0 Å². The van der Waals surface area contributed by atoms with Crippen LogP contribution in [-0.4, -0.2) is 9.97 Å². The summed E-state index contributed by atoms with van der Waals surface area (Å²) in [7, 11) is 0. The lowest BCUT2D eigenvalue weighted by Crippen LogP contribution is -2.21. The number of aromatic nitrogens is 2. The highest BCUT2D eigenvalue weighted by molar-refractivity contribution is 7.26. The Balaban J connectivity index is 2.09. The summed E-state index contributed by atoms with van der Waals surface area (Å²) in [4.78, 5) is 11.6. The van der Waals surface area contributed by atoms with Gasteiger partial charge in [-0.05, 0) is 18.2 Å². The van der Waals surface area contributed by atoms with E-state index in [-0.39, 0.29) is 0 Å². The van der Waals surface area contributed by atoms with Gasteiger partial charge in [-0.25, -0.2) is 9.97 Å². The Morgan fingerprint density at radius 1 is 0.857 bits per heavy atom. The minimum atomic E-state index is 0.504. The van der Waals surface area contributed by atoms with Gasteiger partial charge in [0.15, 0.2) is 0 Å². The molecule has 0 aliphatic rings. The molecule has 0 unspecified atom stereocenters. The summed E-state index contributed by atoms with van der Waals surface area (Å²) in [6, 6.07) is 18.4. The molecule has 2 aromatic heterocycles. The fourth-order valence-corrected chi connectivity index (χ4v) is 4.25. The van der Waals surface area contributed by atoms with Gasteiger partial charge in [0.05, 0.1) is 15.9 Å². The molecule has 2 aromatic carbocycles. The monoisotopic (exact) mass is 381 g/mol. The second kappa shape index (κ2) is 7.25. The van der Waals surface area contributed by atoms with Crippen LogP contribution in [0.1, 0.15) is 0 Å². The van der Waals surface area contributed by atoms with Crippen molar-refractivity contribution < 1.29 is 0 Å². The van der Waals surface area contributed by atoms with Crippen molar-refractivity contribution in [3.63, 3.8) is 0 Å². The molecule has 0 bridgehead atoms. The third-order valence-corrected chi connectivity index (χ3v) is 5.67. The Bertz CT molecular complexity index is 1210. The highest BCUT2D eigenvalue weighted by Gasteiger charge is 2.20. The zero-order valence-electron chi connectivity index (χ0n) is 15.4. The van der Waals surface area contributed by atoms with Crippen molar-refractivity contribution in [2.24, 2.45) is 0 Å². The van der Waals surface area contributed by atoms with Crippen molar-refractivity contribution >= 4 is 37.6 Å². The minimum Gasteiger partial charge on any atom is -0.280 e. The predicted octanol–water partition coefficient (Wildman–Crippen LogP) is 6.72. The molecule has 4 rings (SSSR count). The zero-order valence-corrected chi connectivity index (χ0v) is 16.2. The number of rotatable bonds is 6. The van der Waals surface area contributed by atoms with E-state index < -0.39 is 0 Å². The topological polar surface area (TPSA) is 29.0 Å². The maximum absolute atomic E-state index is 4.91. The fraction of sp³-hybridized carbons (Fsp3) is 0. The molecule has 0 saturated carbocycles. The summed E-state index contributed by atoms with van der Waals surface area (Å²) in [6.45, 7) is 15.8. The second-order valence-electron chi connectivity index (χ2n) is 6.24. The number of hydrogen-bond donors (Lipinski definition) is 0. The number of thiophene rings is 1. The Labute approximate surface area is 168 Å². The third kappa shape index (κ3) is 2.94. The summed E-state index contributed by atoms with van der Waals surface area (Å²) >= 11 is 1.70. The van der Waals surface area contributed by atoms with Crippen molar-refractivity contribution in [3.8, 4) is 11.3 Å². The SMILES string of the molecule is C=CC(=C)N(C(=C)C=C)c1nc(-c2ccccc2)c2sc3ccccc3c2n1. The van der Waals surface area contributed by atoms with Crippen molar-refractivity contribution in [1.29, 1.82) is 0 Å². The predicted molar refractivity (Wildman–Crippen MR) is 122 cm³/mol. The van der Waals surface area contributed by atoms with Crippen LogP contribution < -0.4 is 4.90 Å². The summed E-state index contributed by atoms with van der Waals surface area (Å²) in [5, 5.41) is 1.11. The van der Waals surface area contributed by atoms with Gasteiger partial charge in [-0.2, -0.15) is 0 Å². The number of anilines is 1. The average molecular weight is 382 g/mol. The lowest BCUT2D eigenvalue weighted by atomic mass is 10.1. The van der Waals surface area contributed by atoms with Crippen LogP contribution in [0.3, 0.4) is 0 Å². The van der Waals surface area contributed by atoms with Crippen molar-refractivity contribution in [1.82, 2.24) is 9.97 Å². The molecule has 136 valence electrons. The van der Waals surface area contributed by atoms with Gasteiger partial charge in [-0.1, -0.05) is 74.8 Å². The molecule has 0 saturated heterocycles. The van der Waals surface area contributed by atoms with Gasteiger partial charge in [0, 0.05) is 27.0 Å². The standard InChI is InChI=1S/C24H19N3S/c1-5-16(3)27(17(4)6-2)24-25-21(18-12-8-7-9-13-18)23-22(26-24)19-14-10-11-15-20(19)28-23/h5-15H,1-4H2. The molecule has 0 amide bonds. The molecule has 4 aromatic rings. The molecular weight excluding hydrogens is 362 g/mol. The van der Waals surface area contributed by atoms with Crippen LogP contribution in [0.25, 0.3) is 31.6 Å².